The Morgan fingerprint density at radius 3 is 2.12 bits per heavy atom. The summed E-state index contributed by atoms with van der Waals surface area (Å²) >= 11 is 0. The molecule has 1 aliphatic heterocycles. The molecule has 0 aromatic carbocycles. The lowest BCUT2D eigenvalue weighted by atomic mass is 10.1. The van der Waals surface area contributed by atoms with E-state index >= 15 is 0 Å². The Labute approximate surface area is 146 Å². The molecule has 1 fully saturated rings. The zero-order valence-corrected chi connectivity index (χ0v) is 14.9. The summed E-state index contributed by atoms with van der Waals surface area (Å²) in [4.78, 5) is 0. The first-order valence-electron chi connectivity index (χ1n) is 9.51. The summed E-state index contributed by atoms with van der Waals surface area (Å²) in [7, 11) is 0. The van der Waals surface area contributed by atoms with Crippen LogP contribution in [0.15, 0.2) is 12.7 Å². The Bertz CT molecular complexity index is 310. The number of hydrogen-bond donors (Lipinski definition) is 3. The largest absolute Gasteiger partial charge is 0.388 e. The van der Waals surface area contributed by atoms with Crippen LogP contribution in [-0.4, -0.2) is 59.6 Å². The molecule has 0 saturated carbocycles. The van der Waals surface area contributed by atoms with Crippen LogP contribution in [0.3, 0.4) is 0 Å². The van der Waals surface area contributed by atoms with Gasteiger partial charge in [0.05, 0.1) is 13.2 Å². The molecular weight excluding hydrogens is 308 g/mol. The summed E-state index contributed by atoms with van der Waals surface area (Å²) in [6.07, 6.45) is 10.8. The predicted octanol–water partition coefficient (Wildman–Crippen LogP) is 2.57. The SMILES string of the molecule is C=CCCCCCCCCCCCOC[C@H](O)[C@@H]1OC[C@@H](O)[C@@H]1O. The van der Waals surface area contributed by atoms with Crippen LogP contribution in [0, 0.1) is 0 Å². The third-order valence-corrected chi connectivity index (χ3v) is 4.56. The summed E-state index contributed by atoms with van der Waals surface area (Å²) in [5.41, 5.74) is 0. The van der Waals surface area contributed by atoms with Gasteiger partial charge < -0.3 is 24.8 Å². The molecule has 24 heavy (non-hydrogen) atoms. The second-order valence-corrected chi connectivity index (χ2v) is 6.76. The van der Waals surface area contributed by atoms with Crippen molar-refractivity contribution >= 4 is 0 Å². The molecule has 0 aliphatic carbocycles. The topological polar surface area (TPSA) is 79.2 Å². The minimum absolute atomic E-state index is 0.0666. The van der Waals surface area contributed by atoms with Crippen LogP contribution in [0.2, 0.25) is 0 Å². The normalized spacial score (nSPS) is 25.0. The first-order chi connectivity index (χ1) is 11.7. The van der Waals surface area contributed by atoms with Crippen LogP contribution >= 0.6 is 0 Å². The molecule has 0 spiro atoms. The number of allylic oxidation sites excluding steroid dienone is 1. The molecule has 0 aromatic heterocycles. The van der Waals surface area contributed by atoms with Crippen molar-refractivity contribution in [3.05, 3.63) is 12.7 Å². The van der Waals surface area contributed by atoms with Gasteiger partial charge >= 0.3 is 0 Å². The second kappa shape index (κ2) is 13.8. The van der Waals surface area contributed by atoms with Crippen molar-refractivity contribution < 1.29 is 24.8 Å². The Morgan fingerprint density at radius 1 is 1.00 bits per heavy atom. The summed E-state index contributed by atoms with van der Waals surface area (Å²) in [5, 5.41) is 28.9. The van der Waals surface area contributed by atoms with Gasteiger partial charge in [-0.05, 0) is 19.3 Å². The Balaban J connectivity index is 1.83. The molecule has 0 bridgehead atoms. The molecule has 0 unspecified atom stereocenters. The molecule has 142 valence electrons. The highest BCUT2D eigenvalue weighted by atomic mass is 16.5. The fraction of sp³-hybridized carbons (Fsp3) is 0.895. The Hall–Kier alpha value is -0.460. The van der Waals surface area contributed by atoms with Gasteiger partial charge in [0.2, 0.25) is 0 Å². The fourth-order valence-corrected chi connectivity index (χ4v) is 2.99. The van der Waals surface area contributed by atoms with Crippen LogP contribution < -0.4 is 0 Å². The lowest BCUT2D eigenvalue weighted by Gasteiger charge is -2.20. The van der Waals surface area contributed by atoms with Crippen molar-refractivity contribution in [2.24, 2.45) is 0 Å². The van der Waals surface area contributed by atoms with Gasteiger partial charge in [0.15, 0.2) is 0 Å². The Morgan fingerprint density at radius 2 is 1.58 bits per heavy atom. The molecule has 1 rings (SSSR count). The average Bonchev–Trinajstić information content (AvgIpc) is 2.91. The number of hydrogen-bond acceptors (Lipinski definition) is 5. The van der Waals surface area contributed by atoms with E-state index in [2.05, 4.69) is 6.58 Å². The van der Waals surface area contributed by atoms with Gasteiger partial charge in [-0.15, -0.1) is 6.58 Å². The van der Waals surface area contributed by atoms with Gasteiger partial charge in [0, 0.05) is 6.61 Å². The van der Waals surface area contributed by atoms with Crippen molar-refractivity contribution in [1.29, 1.82) is 0 Å². The monoisotopic (exact) mass is 344 g/mol. The maximum Gasteiger partial charge on any atom is 0.114 e. The van der Waals surface area contributed by atoms with Crippen LogP contribution in [0.1, 0.15) is 64.2 Å². The van der Waals surface area contributed by atoms with Crippen LogP contribution in [-0.2, 0) is 9.47 Å². The van der Waals surface area contributed by atoms with Crippen molar-refractivity contribution in [2.75, 3.05) is 19.8 Å². The molecule has 4 atom stereocenters. The number of aliphatic hydroxyl groups is 3. The van der Waals surface area contributed by atoms with E-state index in [9.17, 15) is 15.3 Å². The van der Waals surface area contributed by atoms with Crippen molar-refractivity contribution in [3.63, 3.8) is 0 Å². The Kier molecular flexibility index (Phi) is 12.4. The van der Waals surface area contributed by atoms with Gasteiger partial charge in [0.25, 0.3) is 0 Å². The molecule has 0 amide bonds. The van der Waals surface area contributed by atoms with Gasteiger partial charge in [0.1, 0.15) is 24.4 Å². The maximum atomic E-state index is 9.89. The molecule has 0 radical (unpaired) electrons. The highest BCUT2D eigenvalue weighted by molar-refractivity contribution is 4.87. The molecule has 1 aliphatic rings. The van der Waals surface area contributed by atoms with E-state index in [4.69, 9.17) is 9.47 Å². The quantitative estimate of drug-likeness (QED) is 0.314. The molecule has 1 saturated heterocycles. The first kappa shape index (κ1) is 21.6. The number of unbranched alkanes of at least 4 members (excludes halogenated alkanes) is 9. The third kappa shape index (κ3) is 9.14. The number of aliphatic hydroxyl groups excluding tert-OH is 3. The molecule has 1 heterocycles. The van der Waals surface area contributed by atoms with Crippen LogP contribution in [0.5, 0.6) is 0 Å². The van der Waals surface area contributed by atoms with Gasteiger partial charge in [-0.2, -0.15) is 0 Å². The summed E-state index contributed by atoms with van der Waals surface area (Å²) in [6.45, 7) is 4.55. The third-order valence-electron chi connectivity index (χ3n) is 4.56. The molecule has 5 nitrogen and oxygen atoms in total. The molecule has 5 heteroatoms. The predicted molar refractivity (Wildman–Crippen MR) is 94.9 cm³/mol. The minimum Gasteiger partial charge on any atom is -0.388 e. The van der Waals surface area contributed by atoms with Crippen LogP contribution in [0.4, 0.5) is 0 Å². The van der Waals surface area contributed by atoms with Gasteiger partial charge in [-0.25, -0.2) is 0 Å². The lowest BCUT2D eigenvalue weighted by Crippen LogP contribution is -2.40. The average molecular weight is 344 g/mol. The number of rotatable bonds is 15. The summed E-state index contributed by atoms with van der Waals surface area (Å²) < 4.78 is 10.6. The smallest absolute Gasteiger partial charge is 0.114 e. The van der Waals surface area contributed by atoms with E-state index in [1.165, 1.54) is 44.9 Å². The highest BCUT2D eigenvalue weighted by Gasteiger charge is 2.39. The maximum absolute atomic E-state index is 9.89. The van der Waals surface area contributed by atoms with E-state index in [-0.39, 0.29) is 13.2 Å². The van der Waals surface area contributed by atoms with Crippen LogP contribution in [0.25, 0.3) is 0 Å². The van der Waals surface area contributed by atoms with E-state index in [0.717, 1.165) is 19.3 Å². The second-order valence-electron chi connectivity index (χ2n) is 6.76. The standard InChI is InChI=1S/C19H36O5/c1-2-3-4-5-6-7-8-9-10-11-12-13-23-14-17(21)19-18(22)16(20)15-24-19/h2,16-22H,1,3-15H2/t16-,17+,18+,19+/m1/s1. The van der Waals surface area contributed by atoms with Gasteiger partial charge in [-0.1, -0.05) is 51.0 Å². The van der Waals surface area contributed by atoms with Crippen molar-refractivity contribution in [3.8, 4) is 0 Å². The number of ether oxygens (including phenoxy) is 2. The lowest BCUT2D eigenvalue weighted by molar-refractivity contribution is -0.0813. The van der Waals surface area contributed by atoms with E-state index in [1.54, 1.807) is 0 Å². The first-order valence-corrected chi connectivity index (χ1v) is 9.51. The van der Waals surface area contributed by atoms with E-state index in [0.29, 0.717) is 6.61 Å². The summed E-state index contributed by atoms with van der Waals surface area (Å²) in [6, 6.07) is 0. The van der Waals surface area contributed by atoms with Crippen molar-refractivity contribution in [2.45, 2.75) is 88.6 Å². The van der Waals surface area contributed by atoms with Gasteiger partial charge in [-0.3, -0.25) is 0 Å². The van der Waals surface area contributed by atoms with E-state index in [1.807, 2.05) is 6.08 Å². The summed E-state index contributed by atoms with van der Waals surface area (Å²) in [5.74, 6) is 0. The molecule has 3 N–H and O–H groups in total. The van der Waals surface area contributed by atoms with Crippen molar-refractivity contribution in [1.82, 2.24) is 0 Å². The molecule has 0 aromatic rings. The highest BCUT2D eigenvalue weighted by Crippen LogP contribution is 2.18. The fourth-order valence-electron chi connectivity index (χ4n) is 2.99. The zero-order chi connectivity index (χ0) is 17.6. The zero-order valence-electron chi connectivity index (χ0n) is 14.9. The minimum atomic E-state index is -1.03. The molecular formula is C19H36O5. The van der Waals surface area contributed by atoms with E-state index < -0.39 is 24.4 Å².